The van der Waals surface area contributed by atoms with Crippen molar-refractivity contribution in [1.29, 1.82) is 0 Å². The second kappa shape index (κ2) is 5.87. The second-order valence-electron chi connectivity index (χ2n) is 4.91. The smallest absolute Gasteiger partial charge is 0.244 e. The third kappa shape index (κ3) is 2.94. The molecule has 0 aromatic carbocycles. The Morgan fingerprint density at radius 2 is 2.33 bits per heavy atom. The first-order valence-electron chi connectivity index (χ1n) is 6.61. The normalized spacial score (nSPS) is 20.2. The Kier molecular flexibility index (Phi) is 4.43. The highest BCUT2D eigenvalue weighted by Crippen LogP contribution is 2.20. The molecule has 1 saturated heterocycles. The zero-order valence-electron chi connectivity index (χ0n) is 11.0. The number of amides is 1. The number of likely N-dealkylation sites (tertiary alicyclic amines) is 1. The van der Waals surface area contributed by atoms with Gasteiger partial charge in [-0.1, -0.05) is 6.92 Å². The number of aryl methyl sites for hydroxylation is 1. The third-order valence-electron chi connectivity index (χ3n) is 3.60. The number of carbonyl (C=O) groups excluding carboxylic acids is 1. The molecule has 1 aromatic heterocycles. The standard InChI is InChI=1S/C13H20BrN3O/c1-3-11-6-4-5-7-17(11)13(18)9-16-8-12(14)10(2)15-16/h8,11H,3-7,9H2,1-2H3. The van der Waals surface area contributed by atoms with Crippen LogP contribution in [0.4, 0.5) is 0 Å². The van der Waals surface area contributed by atoms with Crippen molar-refractivity contribution in [1.82, 2.24) is 14.7 Å². The van der Waals surface area contributed by atoms with Gasteiger partial charge in [0.05, 0.1) is 10.2 Å². The topological polar surface area (TPSA) is 38.1 Å². The van der Waals surface area contributed by atoms with Gasteiger partial charge >= 0.3 is 0 Å². The van der Waals surface area contributed by atoms with E-state index in [1.165, 1.54) is 6.42 Å². The molecule has 0 aliphatic carbocycles. The van der Waals surface area contributed by atoms with Gasteiger partial charge in [0.15, 0.2) is 0 Å². The number of carbonyl (C=O) groups is 1. The van der Waals surface area contributed by atoms with Crippen molar-refractivity contribution in [2.24, 2.45) is 0 Å². The summed E-state index contributed by atoms with van der Waals surface area (Å²) in [6.07, 6.45) is 6.44. The SMILES string of the molecule is CCC1CCCCN1C(=O)Cn1cc(Br)c(C)n1. The maximum Gasteiger partial charge on any atom is 0.244 e. The molecule has 0 saturated carbocycles. The minimum Gasteiger partial charge on any atom is -0.338 e. The highest BCUT2D eigenvalue weighted by Gasteiger charge is 2.25. The van der Waals surface area contributed by atoms with Crippen molar-refractivity contribution in [3.05, 3.63) is 16.4 Å². The summed E-state index contributed by atoms with van der Waals surface area (Å²) in [6, 6.07) is 0.423. The molecule has 0 N–H and O–H groups in total. The van der Waals surface area contributed by atoms with Crippen LogP contribution in [0.5, 0.6) is 0 Å². The van der Waals surface area contributed by atoms with Crippen LogP contribution in [0, 0.1) is 6.92 Å². The molecule has 0 radical (unpaired) electrons. The molecule has 4 nitrogen and oxygen atoms in total. The summed E-state index contributed by atoms with van der Waals surface area (Å²) < 4.78 is 2.68. The van der Waals surface area contributed by atoms with Gasteiger partial charge in [-0.25, -0.2) is 0 Å². The lowest BCUT2D eigenvalue weighted by Gasteiger charge is -2.35. The predicted molar refractivity (Wildman–Crippen MR) is 74.3 cm³/mol. The zero-order valence-corrected chi connectivity index (χ0v) is 12.6. The Morgan fingerprint density at radius 1 is 1.56 bits per heavy atom. The van der Waals surface area contributed by atoms with Gasteiger partial charge in [-0.2, -0.15) is 5.10 Å². The van der Waals surface area contributed by atoms with Gasteiger partial charge in [0.2, 0.25) is 5.91 Å². The number of aromatic nitrogens is 2. The number of piperidine rings is 1. The van der Waals surface area contributed by atoms with Crippen LogP contribution in [0.15, 0.2) is 10.7 Å². The van der Waals surface area contributed by atoms with Crippen molar-refractivity contribution in [2.45, 2.75) is 52.1 Å². The number of nitrogens with zero attached hydrogens (tertiary/aromatic N) is 3. The van der Waals surface area contributed by atoms with Crippen LogP contribution in [-0.4, -0.2) is 33.2 Å². The van der Waals surface area contributed by atoms with Gasteiger partial charge in [0, 0.05) is 18.8 Å². The lowest BCUT2D eigenvalue weighted by molar-refractivity contribution is -0.135. The van der Waals surface area contributed by atoms with Crippen molar-refractivity contribution in [2.75, 3.05) is 6.54 Å². The molecule has 1 aliphatic rings. The molecular weight excluding hydrogens is 294 g/mol. The molecule has 2 rings (SSSR count). The largest absolute Gasteiger partial charge is 0.338 e. The summed E-state index contributed by atoms with van der Waals surface area (Å²) in [4.78, 5) is 14.3. The summed E-state index contributed by atoms with van der Waals surface area (Å²) in [5.41, 5.74) is 0.925. The van der Waals surface area contributed by atoms with Gasteiger partial charge in [-0.05, 0) is 48.5 Å². The van der Waals surface area contributed by atoms with Crippen molar-refractivity contribution in [3.63, 3.8) is 0 Å². The molecule has 100 valence electrons. The minimum atomic E-state index is 0.191. The van der Waals surface area contributed by atoms with E-state index in [2.05, 4.69) is 28.0 Å². The Balaban J connectivity index is 2.02. The van der Waals surface area contributed by atoms with E-state index < -0.39 is 0 Å². The van der Waals surface area contributed by atoms with Crippen molar-refractivity contribution >= 4 is 21.8 Å². The first kappa shape index (κ1) is 13.6. The van der Waals surface area contributed by atoms with Gasteiger partial charge in [0.25, 0.3) is 0 Å². The van der Waals surface area contributed by atoms with E-state index in [-0.39, 0.29) is 5.91 Å². The number of rotatable bonds is 3. The molecule has 1 atom stereocenters. The van der Waals surface area contributed by atoms with Crippen LogP contribution in [0.25, 0.3) is 0 Å². The van der Waals surface area contributed by atoms with Crippen molar-refractivity contribution < 1.29 is 4.79 Å². The Morgan fingerprint density at radius 3 is 2.94 bits per heavy atom. The second-order valence-corrected chi connectivity index (χ2v) is 5.76. The van der Waals surface area contributed by atoms with E-state index in [0.717, 1.165) is 36.0 Å². The molecule has 1 aromatic rings. The predicted octanol–water partition coefficient (Wildman–Crippen LogP) is 2.75. The molecule has 1 unspecified atom stereocenters. The average molecular weight is 314 g/mol. The van der Waals surface area contributed by atoms with Crippen molar-refractivity contribution in [3.8, 4) is 0 Å². The van der Waals surface area contributed by atoms with Crippen LogP contribution < -0.4 is 0 Å². The molecule has 1 fully saturated rings. The first-order chi connectivity index (χ1) is 8.61. The van der Waals surface area contributed by atoms with Gasteiger partial charge in [-0.15, -0.1) is 0 Å². The maximum atomic E-state index is 12.3. The van der Waals surface area contributed by atoms with Crippen LogP contribution in [-0.2, 0) is 11.3 Å². The molecule has 5 heteroatoms. The summed E-state index contributed by atoms with van der Waals surface area (Å²) >= 11 is 3.42. The average Bonchev–Trinajstić information content (AvgIpc) is 2.68. The summed E-state index contributed by atoms with van der Waals surface area (Å²) in [5.74, 6) is 0.191. The fourth-order valence-electron chi connectivity index (χ4n) is 2.56. The third-order valence-corrected chi connectivity index (χ3v) is 4.38. The van der Waals surface area contributed by atoms with E-state index in [4.69, 9.17) is 0 Å². The monoisotopic (exact) mass is 313 g/mol. The van der Waals surface area contributed by atoms with E-state index in [9.17, 15) is 4.79 Å². The molecule has 1 aliphatic heterocycles. The highest BCUT2D eigenvalue weighted by molar-refractivity contribution is 9.10. The number of hydrogen-bond acceptors (Lipinski definition) is 2. The fourth-order valence-corrected chi connectivity index (χ4v) is 2.87. The summed E-state index contributed by atoms with van der Waals surface area (Å²) in [5, 5.41) is 4.32. The Hall–Kier alpha value is -0.840. The van der Waals surface area contributed by atoms with Gasteiger partial charge in [-0.3, -0.25) is 9.48 Å². The van der Waals surface area contributed by atoms with E-state index >= 15 is 0 Å². The lowest BCUT2D eigenvalue weighted by Crippen LogP contribution is -2.44. The first-order valence-corrected chi connectivity index (χ1v) is 7.40. The zero-order chi connectivity index (χ0) is 13.1. The van der Waals surface area contributed by atoms with Crippen LogP contribution in [0.3, 0.4) is 0 Å². The highest BCUT2D eigenvalue weighted by atomic mass is 79.9. The van der Waals surface area contributed by atoms with E-state index in [1.807, 2.05) is 18.0 Å². The minimum absolute atomic E-state index is 0.191. The molecule has 0 spiro atoms. The van der Waals surface area contributed by atoms with Crippen LogP contribution in [0.1, 0.15) is 38.3 Å². The van der Waals surface area contributed by atoms with E-state index in [1.54, 1.807) is 4.68 Å². The van der Waals surface area contributed by atoms with E-state index in [0.29, 0.717) is 12.6 Å². The molecule has 2 heterocycles. The summed E-state index contributed by atoms with van der Waals surface area (Å²) in [7, 11) is 0. The van der Waals surface area contributed by atoms with Crippen LogP contribution in [0.2, 0.25) is 0 Å². The summed E-state index contributed by atoms with van der Waals surface area (Å²) in [6.45, 7) is 5.34. The van der Waals surface area contributed by atoms with Gasteiger partial charge < -0.3 is 4.90 Å². The molecular formula is C13H20BrN3O. The Bertz CT molecular complexity index is 410. The fraction of sp³-hybridized carbons (Fsp3) is 0.692. The Labute approximate surface area is 116 Å². The number of halogens is 1. The number of hydrogen-bond donors (Lipinski definition) is 0. The molecule has 0 bridgehead atoms. The molecule has 18 heavy (non-hydrogen) atoms. The molecule has 1 amide bonds. The lowest BCUT2D eigenvalue weighted by atomic mass is 10.00. The van der Waals surface area contributed by atoms with Crippen LogP contribution >= 0.6 is 15.9 Å². The quantitative estimate of drug-likeness (QED) is 0.860. The maximum absolute atomic E-state index is 12.3. The van der Waals surface area contributed by atoms with Gasteiger partial charge in [0.1, 0.15) is 6.54 Å².